The van der Waals surface area contributed by atoms with Crippen LogP contribution in [0.4, 0.5) is 0 Å². The zero-order valence-electron chi connectivity index (χ0n) is 13.6. The summed E-state index contributed by atoms with van der Waals surface area (Å²) in [6.07, 6.45) is 0. The molecule has 0 aliphatic rings. The number of aliphatic carboxylic acids is 1. The monoisotopic (exact) mass is 435 g/mol. The van der Waals surface area contributed by atoms with Gasteiger partial charge < -0.3 is 5.11 Å². The minimum atomic E-state index is -0.924. The average Bonchev–Trinajstić information content (AvgIpc) is 3.25. The molecular weight excluding hydrogens is 425 g/mol. The number of hydrogen-bond acceptors (Lipinski definition) is 5. The first-order valence-corrected chi connectivity index (χ1v) is 10.3. The standard InChI is InChI=1S/C18H11Cl2N3O2S2/c19-12-6-5-11(8-13(12)20)23-17(21-22-18(23)26-9-16(24)25)15-7-10-3-1-2-4-14(10)27-15/h1-8H,9H2,(H,24,25). The van der Waals surface area contributed by atoms with Crippen LogP contribution in [0.2, 0.25) is 10.0 Å². The van der Waals surface area contributed by atoms with Crippen LogP contribution >= 0.6 is 46.3 Å². The Labute approximate surface area is 172 Å². The predicted octanol–water partition coefficient (Wildman–Crippen LogP) is 5.63. The van der Waals surface area contributed by atoms with Crippen LogP contribution in [0.3, 0.4) is 0 Å². The summed E-state index contributed by atoms with van der Waals surface area (Å²) in [5.41, 5.74) is 0.717. The first-order chi connectivity index (χ1) is 13.0. The number of aromatic nitrogens is 3. The van der Waals surface area contributed by atoms with Crippen molar-refractivity contribution in [2.24, 2.45) is 0 Å². The second-order valence-corrected chi connectivity index (χ2v) is 8.41. The maximum atomic E-state index is 11.0. The van der Waals surface area contributed by atoms with Crippen LogP contribution in [-0.4, -0.2) is 31.6 Å². The third-order valence-electron chi connectivity index (χ3n) is 3.77. The topological polar surface area (TPSA) is 68.0 Å². The van der Waals surface area contributed by atoms with E-state index in [-0.39, 0.29) is 5.75 Å². The number of fused-ring (bicyclic) bond motifs is 1. The molecule has 5 nitrogen and oxygen atoms in total. The number of nitrogens with zero attached hydrogens (tertiary/aromatic N) is 3. The fraction of sp³-hybridized carbons (Fsp3) is 0.0556. The van der Waals surface area contributed by atoms with Gasteiger partial charge in [0.15, 0.2) is 11.0 Å². The lowest BCUT2D eigenvalue weighted by Crippen LogP contribution is -2.03. The second-order valence-electron chi connectivity index (χ2n) is 5.57. The van der Waals surface area contributed by atoms with E-state index in [1.165, 1.54) is 0 Å². The first-order valence-electron chi connectivity index (χ1n) is 7.77. The molecule has 0 amide bonds. The molecule has 2 aromatic heterocycles. The summed E-state index contributed by atoms with van der Waals surface area (Å²) in [5.74, 6) is -0.416. The van der Waals surface area contributed by atoms with Crippen LogP contribution < -0.4 is 0 Å². The van der Waals surface area contributed by atoms with Crippen molar-refractivity contribution in [3.05, 3.63) is 58.6 Å². The largest absolute Gasteiger partial charge is 0.481 e. The van der Waals surface area contributed by atoms with E-state index >= 15 is 0 Å². The van der Waals surface area contributed by atoms with Crippen LogP contribution in [0, 0.1) is 0 Å². The first kappa shape index (κ1) is 18.3. The Kier molecular flexibility index (Phi) is 5.10. The zero-order valence-corrected chi connectivity index (χ0v) is 16.7. The van der Waals surface area contributed by atoms with Gasteiger partial charge in [-0.3, -0.25) is 9.36 Å². The Morgan fingerprint density at radius 3 is 2.67 bits per heavy atom. The quantitative estimate of drug-likeness (QED) is 0.411. The number of carbonyl (C=O) groups is 1. The smallest absolute Gasteiger partial charge is 0.313 e. The van der Waals surface area contributed by atoms with Crippen LogP contribution in [-0.2, 0) is 4.79 Å². The zero-order chi connectivity index (χ0) is 19.0. The molecule has 4 rings (SSSR count). The van der Waals surface area contributed by atoms with E-state index < -0.39 is 5.97 Å². The fourth-order valence-electron chi connectivity index (χ4n) is 2.60. The van der Waals surface area contributed by atoms with Gasteiger partial charge in [-0.1, -0.05) is 53.2 Å². The summed E-state index contributed by atoms with van der Waals surface area (Å²) in [5, 5.41) is 20.0. The van der Waals surface area contributed by atoms with Gasteiger partial charge in [-0.25, -0.2) is 0 Å². The molecule has 4 aromatic rings. The lowest BCUT2D eigenvalue weighted by molar-refractivity contribution is -0.133. The van der Waals surface area contributed by atoms with Crippen molar-refractivity contribution in [1.82, 2.24) is 14.8 Å². The maximum Gasteiger partial charge on any atom is 0.313 e. The van der Waals surface area contributed by atoms with Gasteiger partial charge in [-0.2, -0.15) is 0 Å². The number of carboxylic acid groups (broad SMARTS) is 1. The van der Waals surface area contributed by atoms with Crippen LogP contribution in [0.15, 0.2) is 53.7 Å². The number of rotatable bonds is 5. The summed E-state index contributed by atoms with van der Waals surface area (Å²) >= 11 is 14.9. The molecule has 9 heteroatoms. The average molecular weight is 436 g/mol. The molecule has 0 spiro atoms. The normalized spacial score (nSPS) is 11.2. The van der Waals surface area contributed by atoms with Crippen LogP contribution in [0.1, 0.15) is 0 Å². The highest BCUT2D eigenvalue weighted by molar-refractivity contribution is 7.99. The molecule has 0 fully saturated rings. The molecule has 0 radical (unpaired) electrons. The molecule has 136 valence electrons. The number of thioether (sulfide) groups is 1. The molecule has 2 heterocycles. The SMILES string of the molecule is O=C(O)CSc1nnc(-c2cc3ccccc3s2)n1-c1ccc(Cl)c(Cl)c1. The number of benzene rings is 2. The lowest BCUT2D eigenvalue weighted by Gasteiger charge is -2.10. The minimum absolute atomic E-state index is 0.119. The molecule has 27 heavy (non-hydrogen) atoms. The van der Waals surface area contributed by atoms with Gasteiger partial charge in [0.05, 0.1) is 26.4 Å². The van der Waals surface area contributed by atoms with Gasteiger partial charge in [-0.05, 0) is 35.7 Å². The summed E-state index contributed by atoms with van der Waals surface area (Å²) in [6, 6.07) is 15.3. The third-order valence-corrected chi connectivity index (χ3v) is 6.53. The van der Waals surface area contributed by atoms with Crippen LogP contribution in [0.25, 0.3) is 26.5 Å². The van der Waals surface area contributed by atoms with Crippen molar-refractivity contribution in [3.8, 4) is 16.4 Å². The summed E-state index contributed by atoms with van der Waals surface area (Å²) in [7, 11) is 0. The molecular formula is C18H11Cl2N3O2S2. The number of hydrogen-bond donors (Lipinski definition) is 1. The Morgan fingerprint density at radius 2 is 1.93 bits per heavy atom. The van der Waals surface area contributed by atoms with Crippen molar-refractivity contribution in [3.63, 3.8) is 0 Å². The van der Waals surface area contributed by atoms with E-state index in [0.717, 1.165) is 32.4 Å². The van der Waals surface area contributed by atoms with E-state index in [4.69, 9.17) is 28.3 Å². The van der Waals surface area contributed by atoms with Gasteiger partial charge in [0, 0.05) is 4.70 Å². The molecule has 0 unspecified atom stereocenters. The van der Waals surface area contributed by atoms with Crippen molar-refractivity contribution in [2.75, 3.05) is 5.75 Å². The molecule has 0 aliphatic heterocycles. The van der Waals surface area contributed by atoms with Gasteiger partial charge in [-0.15, -0.1) is 21.5 Å². The molecule has 0 bridgehead atoms. The Balaban J connectivity index is 1.88. The minimum Gasteiger partial charge on any atom is -0.481 e. The maximum absolute atomic E-state index is 11.0. The number of thiophene rings is 1. The van der Waals surface area contributed by atoms with E-state index in [1.54, 1.807) is 34.1 Å². The third kappa shape index (κ3) is 3.68. The Hall–Kier alpha value is -2.06. The molecule has 0 saturated carbocycles. The molecule has 0 aliphatic carbocycles. The Morgan fingerprint density at radius 1 is 1.11 bits per heavy atom. The van der Waals surface area contributed by atoms with Crippen molar-refractivity contribution in [2.45, 2.75) is 5.16 Å². The lowest BCUT2D eigenvalue weighted by atomic mass is 10.2. The van der Waals surface area contributed by atoms with E-state index in [1.807, 2.05) is 30.3 Å². The van der Waals surface area contributed by atoms with Crippen LogP contribution in [0.5, 0.6) is 0 Å². The second kappa shape index (κ2) is 7.52. The van der Waals surface area contributed by atoms with Gasteiger partial charge in [0.2, 0.25) is 0 Å². The fourth-order valence-corrected chi connectivity index (χ4v) is 4.60. The van der Waals surface area contributed by atoms with E-state index in [2.05, 4.69) is 10.2 Å². The summed E-state index contributed by atoms with van der Waals surface area (Å²) in [4.78, 5) is 11.9. The number of carboxylic acids is 1. The highest BCUT2D eigenvalue weighted by Crippen LogP contribution is 2.36. The van der Waals surface area contributed by atoms with Gasteiger partial charge in [0.25, 0.3) is 0 Å². The highest BCUT2D eigenvalue weighted by Gasteiger charge is 2.19. The number of halogens is 2. The van der Waals surface area contributed by atoms with Crippen molar-refractivity contribution in [1.29, 1.82) is 0 Å². The molecule has 0 atom stereocenters. The van der Waals surface area contributed by atoms with Crippen molar-refractivity contribution < 1.29 is 9.90 Å². The highest BCUT2D eigenvalue weighted by atomic mass is 35.5. The Bertz CT molecular complexity index is 1120. The molecule has 1 N–H and O–H groups in total. The summed E-state index contributed by atoms with van der Waals surface area (Å²) in [6.45, 7) is 0. The summed E-state index contributed by atoms with van der Waals surface area (Å²) < 4.78 is 2.94. The molecule has 2 aromatic carbocycles. The predicted molar refractivity (Wildman–Crippen MR) is 111 cm³/mol. The molecule has 0 saturated heterocycles. The van der Waals surface area contributed by atoms with Crippen molar-refractivity contribution >= 4 is 62.4 Å². The van der Waals surface area contributed by atoms with E-state index in [9.17, 15) is 4.79 Å². The van der Waals surface area contributed by atoms with Gasteiger partial charge in [0.1, 0.15) is 0 Å². The van der Waals surface area contributed by atoms with E-state index in [0.29, 0.717) is 21.0 Å². The van der Waals surface area contributed by atoms with Gasteiger partial charge >= 0.3 is 5.97 Å².